The number of benzene rings is 2. The Bertz CT molecular complexity index is 1000. The fourth-order valence-corrected chi connectivity index (χ4v) is 3.58. The fraction of sp³-hybridized carbons (Fsp3) is 0.250. The van der Waals surface area contributed by atoms with Gasteiger partial charge in [-0.3, -0.25) is 4.79 Å². The second-order valence-corrected chi connectivity index (χ2v) is 7.05. The number of amides is 1. The minimum Gasteiger partial charge on any atom is -0.317 e. The Kier molecular flexibility index (Phi) is 6.09. The Morgan fingerprint density at radius 1 is 1.07 bits per heavy atom. The molecule has 0 aliphatic rings. The van der Waals surface area contributed by atoms with Gasteiger partial charge in [-0.25, -0.2) is 5.43 Å². The van der Waals surface area contributed by atoms with E-state index in [1.807, 2.05) is 30.3 Å². The Balaban J connectivity index is 1.79. The van der Waals surface area contributed by atoms with E-state index < -0.39 is 0 Å². The summed E-state index contributed by atoms with van der Waals surface area (Å²) >= 11 is 0. The maximum Gasteiger partial charge on any atom is 0.244 e. The maximum absolute atomic E-state index is 12.1. The Morgan fingerprint density at radius 3 is 2.54 bits per heavy atom. The lowest BCUT2D eigenvalue weighted by atomic mass is 10.1. The maximum atomic E-state index is 12.1. The molecule has 0 fully saturated rings. The first-order valence-corrected chi connectivity index (χ1v) is 9.65. The van der Waals surface area contributed by atoms with Gasteiger partial charge >= 0.3 is 0 Å². The summed E-state index contributed by atoms with van der Waals surface area (Å²) in [7, 11) is 0. The van der Waals surface area contributed by atoms with Crippen LogP contribution in [0.4, 0.5) is 0 Å². The molecule has 0 bridgehead atoms. The monoisotopic (exact) mass is 373 g/mol. The van der Waals surface area contributed by atoms with Gasteiger partial charge in [-0.2, -0.15) is 5.10 Å². The van der Waals surface area contributed by atoms with Crippen LogP contribution in [0.15, 0.2) is 59.7 Å². The number of hydrogen-bond donors (Lipinski definition) is 1. The van der Waals surface area contributed by atoms with E-state index in [0.717, 1.165) is 28.9 Å². The highest BCUT2D eigenvalue weighted by Gasteiger charge is 2.14. The number of nitrogens with one attached hydrogen (secondary N) is 1. The second-order valence-electron chi connectivity index (χ2n) is 7.05. The van der Waals surface area contributed by atoms with Crippen molar-refractivity contribution in [3.63, 3.8) is 0 Å². The molecule has 4 nitrogen and oxygen atoms in total. The van der Waals surface area contributed by atoms with Gasteiger partial charge in [0.25, 0.3) is 0 Å². The molecular formula is C24H27N3O. The van der Waals surface area contributed by atoms with Crippen molar-refractivity contribution in [2.45, 2.75) is 40.5 Å². The third-order valence-electron chi connectivity index (χ3n) is 5.00. The number of para-hydroxylation sites is 1. The first kappa shape index (κ1) is 19.6. The van der Waals surface area contributed by atoms with Gasteiger partial charge in [0.05, 0.1) is 18.3 Å². The van der Waals surface area contributed by atoms with Crippen LogP contribution >= 0.6 is 0 Å². The lowest BCUT2D eigenvalue weighted by Gasteiger charge is -2.17. The molecule has 0 aliphatic heterocycles. The van der Waals surface area contributed by atoms with E-state index in [0.29, 0.717) is 6.42 Å². The van der Waals surface area contributed by atoms with Crippen LogP contribution < -0.4 is 5.43 Å². The van der Waals surface area contributed by atoms with Gasteiger partial charge in [-0.05, 0) is 49.9 Å². The van der Waals surface area contributed by atoms with E-state index in [-0.39, 0.29) is 5.91 Å². The third kappa shape index (κ3) is 4.22. The number of aromatic nitrogens is 1. The fourth-order valence-electron chi connectivity index (χ4n) is 3.58. The zero-order valence-corrected chi connectivity index (χ0v) is 17.0. The van der Waals surface area contributed by atoms with E-state index in [9.17, 15) is 4.79 Å². The van der Waals surface area contributed by atoms with Crippen LogP contribution in [0.2, 0.25) is 0 Å². The first-order valence-electron chi connectivity index (χ1n) is 9.65. The molecule has 0 unspecified atom stereocenters. The molecule has 4 heteroatoms. The summed E-state index contributed by atoms with van der Waals surface area (Å²) in [4.78, 5) is 12.1. The summed E-state index contributed by atoms with van der Waals surface area (Å²) in [5.41, 5.74) is 10.7. The van der Waals surface area contributed by atoms with Gasteiger partial charge < -0.3 is 4.57 Å². The Hall–Kier alpha value is -3.14. The number of hydrazone groups is 1. The van der Waals surface area contributed by atoms with E-state index in [4.69, 9.17) is 0 Å². The standard InChI is InChI=1S/C24H27N3O/c1-5-21-13-9-10-17(2)24(21)27-18(3)14-22(19(27)4)16-25-26-23(28)15-20-11-7-6-8-12-20/h6-14,16H,5,15H2,1-4H3,(H,26,28)/b25-16-. The van der Waals surface area contributed by atoms with Gasteiger partial charge in [0.15, 0.2) is 0 Å². The van der Waals surface area contributed by atoms with Crippen molar-refractivity contribution in [1.29, 1.82) is 0 Å². The molecule has 3 aromatic rings. The molecule has 2 aromatic carbocycles. The molecule has 28 heavy (non-hydrogen) atoms. The van der Waals surface area contributed by atoms with Crippen molar-refractivity contribution in [3.8, 4) is 5.69 Å². The van der Waals surface area contributed by atoms with Crippen molar-refractivity contribution in [1.82, 2.24) is 9.99 Å². The summed E-state index contributed by atoms with van der Waals surface area (Å²) in [5.74, 6) is -0.122. The normalized spacial score (nSPS) is 11.1. The van der Waals surface area contributed by atoms with Crippen LogP contribution in [0.1, 0.15) is 40.6 Å². The van der Waals surface area contributed by atoms with E-state index in [2.05, 4.69) is 67.1 Å². The smallest absolute Gasteiger partial charge is 0.244 e. The molecular weight excluding hydrogens is 346 g/mol. The van der Waals surface area contributed by atoms with Gasteiger partial charge in [-0.1, -0.05) is 55.5 Å². The summed E-state index contributed by atoms with van der Waals surface area (Å²) in [6.45, 7) is 8.51. The van der Waals surface area contributed by atoms with Crippen molar-refractivity contribution in [2.75, 3.05) is 0 Å². The SMILES string of the molecule is CCc1cccc(C)c1-n1c(C)cc(/C=N\NC(=O)Cc2ccccc2)c1C. The predicted octanol–water partition coefficient (Wildman–Crippen LogP) is 4.66. The largest absolute Gasteiger partial charge is 0.317 e. The Labute approximate surface area is 166 Å². The third-order valence-corrected chi connectivity index (χ3v) is 5.00. The van der Waals surface area contributed by atoms with Gasteiger partial charge in [0, 0.05) is 17.0 Å². The van der Waals surface area contributed by atoms with Gasteiger partial charge in [-0.15, -0.1) is 0 Å². The van der Waals surface area contributed by atoms with Crippen LogP contribution in [-0.2, 0) is 17.6 Å². The van der Waals surface area contributed by atoms with Crippen LogP contribution in [0, 0.1) is 20.8 Å². The molecule has 3 rings (SSSR count). The zero-order valence-electron chi connectivity index (χ0n) is 17.0. The minimum absolute atomic E-state index is 0.122. The van der Waals surface area contributed by atoms with E-state index in [1.165, 1.54) is 16.8 Å². The Morgan fingerprint density at radius 2 is 1.82 bits per heavy atom. The summed E-state index contributed by atoms with van der Waals surface area (Å²) in [6, 6.07) is 18.2. The molecule has 0 atom stereocenters. The van der Waals surface area contributed by atoms with Crippen LogP contribution in [0.3, 0.4) is 0 Å². The highest BCUT2D eigenvalue weighted by atomic mass is 16.2. The molecule has 1 N–H and O–H groups in total. The summed E-state index contributed by atoms with van der Waals surface area (Å²) in [6.07, 6.45) is 3.03. The van der Waals surface area contributed by atoms with Crippen molar-refractivity contribution >= 4 is 12.1 Å². The number of nitrogens with zero attached hydrogens (tertiary/aromatic N) is 2. The number of rotatable bonds is 6. The zero-order chi connectivity index (χ0) is 20.1. The predicted molar refractivity (Wildman–Crippen MR) is 115 cm³/mol. The second kappa shape index (κ2) is 8.70. The molecule has 0 radical (unpaired) electrons. The van der Waals surface area contributed by atoms with E-state index >= 15 is 0 Å². The lowest BCUT2D eigenvalue weighted by Crippen LogP contribution is -2.19. The van der Waals surface area contributed by atoms with Crippen molar-refractivity contribution in [3.05, 3.63) is 88.2 Å². The summed E-state index contributed by atoms with van der Waals surface area (Å²) in [5, 5.41) is 4.17. The first-order chi connectivity index (χ1) is 13.5. The van der Waals surface area contributed by atoms with Crippen LogP contribution in [0.25, 0.3) is 5.69 Å². The minimum atomic E-state index is -0.122. The lowest BCUT2D eigenvalue weighted by molar-refractivity contribution is -0.120. The molecule has 0 saturated heterocycles. The number of aryl methyl sites for hydroxylation is 3. The van der Waals surface area contributed by atoms with Gasteiger partial charge in [0.1, 0.15) is 0 Å². The number of hydrogen-bond acceptors (Lipinski definition) is 2. The number of carbonyl (C=O) groups is 1. The molecule has 144 valence electrons. The molecule has 0 spiro atoms. The van der Waals surface area contributed by atoms with Crippen molar-refractivity contribution in [2.24, 2.45) is 5.10 Å². The van der Waals surface area contributed by atoms with Crippen molar-refractivity contribution < 1.29 is 4.79 Å². The quantitative estimate of drug-likeness (QED) is 0.496. The molecule has 0 saturated carbocycles. The highest BCUT2D eigenvalue weighted by molar-refractivity contribution is 5.85. The van der Waals surface area contributed by atoms with Crippen LogP contribution in [0.5, 0.6) is 0 Å². The molecule has 1 heterocycles. The average Bonchev–Trinajstić information content (AvgIpc) is 2.96. The molecule has 0 aliphatic carbocycles. The summed E-state index contributed by atoms with van der Waals surface area (Å²) < 4.78 is 2.28. The average molecular weight is 374 g/mol. The molecule has 1 amide bonds. The highest BCUT2D eigenvalue weighted by Crippen LogP contribution is 2.26. The molecule has 1 aromatic heterocycles. The topological polar surface area (TPSA) is 46.4 Å². The number of carbonyl (C=O) groups excluding carboxylic acids is 1. The van der Waals surface area contributed by atoms with Crippen LogP contribution in [-0.4, -0.2) is 16.7 Å². The van der Waals surface area contributed by atoms with Gasteiger partial charge in [0.2, 0.25) is 5.91 Å². The van der Waals surface area contributed by atoms with E-state index in [1.54, 1.807) is 6.21 Å².